The van der Waals surface area contributed by atoms with Gasteiger partial charge in [-0.3, -0.25) is 5.41 Å². The van der Waals surface area contributed by atoms with Gasteiger partial charge >= 0.3 is 5.97 Å². The molecule has 0 heterocycles. The lowest BCUT2D eigenvalue weighted by atomic mass is 10.2. The normalized spacial score (nSPS) is 12.3. The third-order valence-corrected chi connectivity index (χ3v) is 0.913. The number of carbonyl (C=O) groups excluding carboxylic acids is 1. The molecule has 4 heteroatoms. The van der Waals surface area contributed by atoms with Crippen LogP contribution in [0.5, 0.6) is 0 Å². The molecule has 1 unspecified atom stereocenters. The van der Waals surface area contributed by atoms with E-state index in [2.05, 4.69) is 4.74 Å². The second kappa shape index (κ2) is 4.00. The topological polar surface area (TPSA) is 70.4 Å². The van der Waals surface area contributed by atoms with Gasteiger partial charge in [-0.15, -0.1) is 0 Å². The fourth-order valence-corrected chi connectivity index (χ4v) is 0.379. The summed E-state index contributed by atoms with van der Waals surface area (Å²) in [5.74, 6) is -0.752. The highest BCUT2D eigenvalue weighted by molar-refractivity contribution is 6.36. The van der Waals surface area contributed by atoms with Crippen molar-refractivity contribution in [3.8, 4) is 0 Å². The van der Waals surface area contributed by atoms with Crippen molar-refractivity contribution in [1.29, 1.82) is 5.41 Å². The molecule has 0 aromatic carbocycles. The molecule has 0 aromatic rings. The zero-order chi connectivity index (χ0) is 8.15. The van der Waals surface area contributed by atoms with Crippen LogP contribution < -0.4 is 0 Å². The zero-order valence-corrected chi connectivity index (χ0v) is 6.05. The van der Waals surface area contributed by atoms with Gasteiger partial charge in [0, 0.05) is 0 Å². The Balaban J connectivity index is 3.83. The van der Waals surface area contributed by atoms with Crippen molar-refractivity contribution in [2.24, 2.45) is 0 Å². The molecule has 0 amide bonds. The number of nitrogens with one attached hydrogen (secondary N) is 1. The molecule has 0 saturated carbocycles. The van der Waals surface area contributed by atoms with Gasteiger partial charge in [-0.05, 0) is 13.8 Å². The summed E-state index contributed by atoms with van der Waals surface area (Å²) in [7, 11) is 0. The zero-order valence-electron chi connectivity index (χ0n) is 6.05. The quantitative estimate of drug-likeness (QED) is 0.432. The Morgan fingerprint density at radius 3 is 2.60 bits per heavy atom. The molecule has 0 aliphatic heterocycles. The van der Waals surface area contributed by atoms with Gasteiger partial charge in [0.1, 0.15) is 5.71 Å². The van der Waals surface area contributed by atoms with E-state index in [-0.39, 0.29) is 6.61 Å². The summed E-state index contributed by atoms with van der Waals surface area (Å²) >= 11 is 0. The van der Waals surface area contributed by atoms with Gasteiger partial charge in [-0.2, -0.15) is 0 Å². The summed E-state index contributed by atoms with van der Waals surface area (Å²) < 4.78 is 4.44. The maximum atomic E-state index is 10.6. The molecular formula is C6H11NO3. The number of aliphatic hydroxyl groups is 1. The molecule has 0 aliphatic rings. The van der Waals surface area contributed by atoms with Crippen molar-refractivity contribution in [2.75, 3.05) is 6.61 Å². The molecule has 0 aliphatic carbocycles. The van der Waals surface area contributed by atoms with Gasteiger partial charge in [0.2, 0.25) is 0 Å². The first-order valence-electron chi connectivity index (χ1n) is 3.03. The number of hydrogen-bond donors (Lipinski definition) is 2. The molecule has 0 rings (SSSR count). The highest BCUT2D eigenvalue weighted by Crippen LogP contribution is 1.87. The average Bonchev–Trinajstić information content (AvgIpc) is 1.87. The summed E-state index contributed by atoms with van der Waals surface area (Å²) in [5.41, 5.74) is -0.401. The van der Waals surface area contributed by atoms with Crippen molar-refractivity contribution in [3.05, 3.63) is 0 Å². The van der Waals surface area contributed by atoms with Crippen LogP contribution in [0.3, 0.4) is 0 Å². The third-order valence-electron chi connectivity index (χ3n) is 0.913. The summed E-state index contributed by atoms with van der Waals surface area (Å²) in [4.78, 5) is 10.6. The predicted molar refractivity (Wildman–Crippen MR) is 36.0 cm³/mol. The standard InChI is InChI=1S/C6H11NO3/c1-3-10-6(9)5(7)4(2)8/h4,7-8H,3H2,1-2H3. The lowest BCUT2D eigenvalue weighted by Crippen LogP contribution is -2.26. The van der Waals surface area contributed by atoms with Crippen LogP contribution in [-0.2, 0) is 9.53 Å². The highest BCUT2D eigenvalue weighted by atomic mass is 16.5. The van der Waals surface area contributed by atoms with Crippen LogP contribution in [0, 0.1) is 5.41 Å². The molecular weight excluding hydrogens is 134 g/mol. The lowest BCUT2D eigenvalue weighted by molar-refractivity contribution is -0.135. The SMILES string of the molecule is CCOC(=O)C(=N)C(C)O. The second-order valence-electron chi connectivity index (χ2n) is 1.81. The fourth-order valence-electron chi connectivity index (χ4n) is 0.379. The van der Waals surface area contributed by atoms with E-state index in [4.69, 9.17) is 10.5 Å². The van der Waals surface area contributed by atoms with Crippen LogP contribution in [0.1, 0.15) is 13.8 Å². The van der Waals surface area contributed by atoms with Crippen LogP contribution in [0.2, 0.25) is 0 Å². The summed E-state index contributed by atoms with van der Waals surface area (Å²) in [6.07, 6.45) is -1.04. The van der Waals surface area contributed by atoms with Crippen molar-refractivity contribution < 1.29 is 14.6 Å². The molecule has 4 nitrogen and oxygen atoms in total. The minimum atomic E-state index is -1.04. The molecule has 1 atom stereocenters. The largest absolute Gasteiger partial charge is 0.461 e. The number of hydrogen-bond acceptors (Lipinski definition) is 4. The Bertz CT molecular complexity index is 142. The molecule has 0 bridgehead atoms. The Morgan fingerprint density at radius 1 is 1.80 bits per heavy atom. The summed E-state index contributed by atoms with van der Waals surface area (Å²) in [5, 5.41) is 15.6. The monoisotopic (exact) mass is 145 g/mol. The highest BCUT2D eigenvalue weighted by Gasteiger charge is 2.14. The van der Waals surface area contributed by atoms with Crippen molar-refractivity contribution in [1.82, 2.24) is 0 Å². The van der Waals surface area contributed by atoms with E-state index in [1.807, 2.05) is 0 Å². The fraction of sp³-hybridized carbons (Fsp3) is 0.667. The molecule has 0 radical (unpaired) electrons. The Hall–Kier alpha value is -0.900. The van der Waals surface area contributed by atoms with E-state index in [1.54, 1.807) is 6.92 Å². The molecule has 58 valence electrons. The Labute approximate surface area is 59.3 Å². The maximum Gasteiger partial charge on any atom is 0.354 e. The molecule has 0 fully saturated rings. The number of esters is 1. The molecule has 2 N–H and O–H groups in total. The van der Waals surface area contributed by atoms with E-state index in [1.165, 1.54) is 6.92 Å². The maximum absolute atomic E-state index is 10.6. The minimum Gasteiger partial charge on any atom is -0.461 e. The van der Waals surface area contributed by atoms with E-state index < -0.39 is 17.8 Å². The first kappa shape index (κ1) is 9.10. The predicted octanol–water partition coefficient (Wildman–Crippen LogP) is -0.0499. The van der Waals surface area contributed by atoms with Crippen LogP contribution in [0.15, 0.2) is 0 Å². The first-order chi connectivity index (χ1) is 4.59. The minimum absolute atomic E-state index is 0.230. The van der Waals surface area contributed by atoms with E-state index >= 15 is 0 Å². The smallest absolute Gasteiger partial charge is 0.354 e. The van der Waals surface area contributed by atoms with Crippen molar-refractivity contribution in [3.63, 3.8) is 0 Å². The lowest BCUT2D eigenvalue weighted by Gasteiger charge is -2.04. The Morgan fingerprint density at radius 2 is 2.30 bits per heavy atom. The molecule has 0 spiro atoms. The van der Waals surface area contributed by atoms with Gasteiger partial charge < -0.3 is 9.84 Å². The Kier molecular flexibility index (Phi) is 3.64. The van der Waals surface area contributed by atoms with E-state index in [0.717, 1.165) is 0 Å². The number of ether oxygens (including phenoxy) is 1. The van der Waals surface area contributed by atoms with E-state index in [9.17, 15) is 4.79 Å². The summed E-state index contributed by atoms with van der Waals surface area (Å²) in [6.45, 7) is 3.22. The molecule has 0 aromatic heterocycles. The van der Waals surface area contributed by atoms with Gasteiger partial charge in [-0.1, -0.05) is 0 Å². The second-order valence-corrected chi connectivity index (χ2v) is 1.81. The van der Waals surface area contributed by atoms with Crippen LogP contribution in [-0.4, -0.2) is 29.5 Å². The third kappa shape index (κ3) is 2.59. The van der Waals surface area contributed by atoms with Gasteiger partial charge in [0.25, 0.3) is 0 Å². The number of carbonyl (C=O) groups is 1. The molecule has 10 heavy (non-hydrogen) atoms. The van der Waals surface area contributed by atoms with E-state index in [0.29, 0.717) is 0 Å². The van der Waals surface area contributed by atoms with Gasteiger partial charge in [0.15, 0.2) is 0 Å². The van der Waals surface area contributed by atoms with Gasteiger partial charge in [-0.25, -0.2) is 4.79 Å². The van der Waals surface area contributed by atoms with Gasteiger partial charge in [0.05, 0.1) is 12.7 Å². The summed E-state index contributed by atoms with van der Waals surface area (Å²) in [6, 6.07) is 0. The number of rotatable bonds is 3. The number of aliphatic hydroxyl groups excluding tert-OH is 1. The van der Waals surface area contributed by atoms with Crippen molar-refractivity contribution in [2.45, 2.75) is 20.0 Å². The van der Waals surface area contributed by atoms with Crippen LogP contribution >= 0.6 is 0 Å². The van der Waals surface area contributed by atoms with Crippen LogP contribution in [0.4, 0.5) is 0 Å². The first-order valence-corrected chi connectivity index (χ1v) is 3.03. The van der Waals surface area contributed by atoms with Crippen LogP contribution in [0.25, 0.3) is 0 Å². The van der Waals surface area contributed by atoms with Crippen molar-refractivity contribution >= 4 is 11.7 Å². The average molecular weight is 145 g/mol. The molecule has 0 saturated heterocycles.